The summed E-state index contributed by atoms with van der Waals surface area (Å²) in [5, 5.41) is 4.01. The summed E-state index contributed by atoms with van der Waals surface area (Å²) >= 11 is 6.41. The normalized spacial score (nSPS) is 10.8. The first-order valence-corrected chi connectivity index (χ1v) is 9.55. The second-order valence-corrected chi connectivity index (χ2v) is 6.49. The van der Waals surface area contributed by atoms with E-state index >= 15 is 0 Å². The molecule has 0 heterocycles. The maximum atomic E-state index is 13.8. The van der Waals surface area contributed by atoms with Gasteiger partial charge in [-0.3, -0.25) is 0 Å². The van der Waals surface area contributed by atoms with E-state index in [1.807, 2.05) is 13.0 Å². The molecule has 0 unspecified atom stereocenters. The molecule has 0 saturated heterocycles. The maximum Gasteiger partial charge on any atom is 0.163 e. The van der Waals surface area contributed by atoms with Crippen LogP contribution in [0.15, 0.2) is 36.4 Å². The Morgan fingerprint density at radius 2 is 1.77 bits per heavy atom. The van der Waals surface area contributed by atoms with Crippen LogP contribution in [0, 0.1) is 5.82 Å². The van der Waals surface area contributed by atoms with Crippen molar-refractivity contribution in [2.24, 2.45) is 0 Å². The number of unbranched alkanes of at least 4 members (excludes halogenated alkanes) is 2. The zero-order valence-corrected chi connectivity index (χ0v) is 16.2. The third-order valence-corrected chi connectivity index (χ3v) is 4.38. The first-order chi connectivity index (χ1) is 12.7. The van der Waals surface area contributed by atoms with Crippen molar-refractivity contribution in [1.82, 2.24) is 5.32 Å². The van der Waals surface area contributed by atoms with Crippen LogP contribution in [0.5, 0.6) is 11.5 Å². The fourth-order valence-corrected chi connectivity index (χ4v) is 2.81. The van der Waals surface area contributed by atoms with Gasteiger partial charge in [0.15, 0.2) is 11.5 Å². The van der Waals surface area contributed by atoms with Gasteiger partial charge in [-0.15, -0.1) is 0 Å². The zero-order chi connectivity index (χ0) is 18.8. The van der Waals surface area contributed by atoms with Gasteiger partial charge in [0.25, 0.3) is 0 Å². The molecule has 5 heteroatoms. The van der Waals surface area contributed by atoms with E-state index in [-0.39, 0.29) is 12.4 Å². The molecule has 0 aliphatic rings. The van der Waals surface area contributed by atoms with Gasteiger partial charge in [0, 0.05) is 23.2 Å². The van der Waals surface area contributed by atoms with E-state index in [9.17, 15) is 4.39 Å². The van der Waals surface area contributed by atoms with Crippen molar-refractivity contribution in [3.63, 3.8) is 0 Å². The molecule has 0 saturated carbocycles. The Labute approximate surface area is 160 Å². The molecule has 0 aliphatic heterocycles. The molecular weight excluding hydrogens is 353 g/mol. The number of ether oxygens (including phenoxy) is 2. The number of nitrogens with one attached hydrogen (secondary N) is 1. The average molecular weight is 380 g/mol. The minimum absolute atomic E-state index is 0.123. The highest BCUT2D eigenvalue weighted by Crippen LogP contribution is 2.34. The third-order valence-electron chi connectivity index (χ3n) is 4.03. The van der Waals surface area contributed by atoms with Crippen molar-refractivity contribution < 1.29 is 13.9 Å². The Morgan fingerprint density at radius 1 is 1.00 bits per heavy atom. The summed E-state index contributed by atoms with van der Waals surface area (Å²) in [6.45, 7) is 6.37. The average Bonchev–Trinajstić information content (AvgIpc) is 2.63. The van der Waals surface area contributed by atoms with Crippen LogP contribution in [-0.2, 0) is 13.2 Å². The van der Waals surface area contributed by atoms with Crippen LogP contribution < -0.4 is 14.8 Å². The Kier molecular flexibility index (Phi) is 8.72. The van der Waals surface area contributed by atoms with Crippen LogP contribution in [0.3, 0.4) is 0 Å². The first-order valence-electron chi connectivity index (χ1n) is 9.17. The lowest BCUT2D eigenvalue weighted by Gasteiger charge is -2.15. The Bertz CT molecular complexity index is 694. The standard InChI is InChI=1S/C21H27ClFNO2/c1-3-5-8-11-24-14-17-12-20(25-4-2)21(13-18(17)22)26-15-16-9-6-7-10-19(16)23/h6-7,9-10,12-13,24H,3-5,8,11,14-15H2,1-2H3. The molecule has 2 aromatic carbocycles. The van der Waals surface area contributed by atoms with Crippen molar-refractivity contribution in [2.45, 2.75) is 46.3 Å². The fourth-order valence-electron chi connectivity index (χ4n) is 2.59. The molecule has 0 fully saturated rings. The lowest BCUT2D eigenvalue weighted by atomic mass is 10.2. The van der Waals surface area contributed by atoms with Crippen LogP contribution in [0.4, 0.5) is 4.39 Å². The number of benzene rings is 2. The van der Waals surface area contributed by atoms with E-state index in [0.29, 0.717) is 35.2 Å². The lowest BCUT2D eigenvalue weighted by Crippen LogP contribution is -2.15. The monoisotopic (exact) mass is 379 g/mol. The summed E-state index contributed by atoms with van der Waals surface area (Å²) in [4.78, 5) is 0. The van der Waals surface area contributed by atoms with Crippen molar-refractivity contribution >= 4 is 11.6 Å². The molecule has 2 rings (SSSR count). The van der Waals surface area contributed by atoms with Crippen LogP contribution in [0.2, 0.25) is 5.02 Å². The Balaban J connectivity index is 2.06. The zero-order valence-electron chi connectivity index (χ0n) is 15.5. The summed E-state index contributed by atoms with van der Waals surface area (Å²) in [5.41, 5.74) is 1.46. The van der Waals surface area contributed by atoms with Crippen molar-refractivity contribution in [3.8, 4) is 11.5 Å². The van der Waals surface area contributed by atoms with E-state index in [1.54, 1.807) is 24.3 Å². The summed E-state index contributed by atoms with van der Waals surface area (Å²) < 4.78 is 25.2. The van der Waals surface area contributed by atoms with Gasteiger partial charge in [-0.25, -0.2) is 4.39 Å². The summed E-state index contributed by atoms with van der Waals surface area (Å²) in [6, 6.07) is 10.2. The van der Waals surface area contributed by atoms with Crippen LogP contribution in [0.25, 0.3) is 0 Å². The Morgan fingerprint density at radius 3 is 2.50 bits per heavy atom. The largest absolute Gasteiger partial charge is 0.490 e. The summed E-state index contributed by atoms with van der Waals surface area (Å²) in [6.07, 6.45) is 3.56. The minimum Gasteiger partial charge on any atom is -0.490 e. The molecule has 0 aromatic heterocycles. The van der Waals surface area contributed by atoms with Crippen LogP contribution in [0.1, 0.15) is 44.2 Å². The van der Waals surface area contributed by atoms with Crippen molar-refractivity contribution in [1.29, 1.82) is 0 Å². The molecule has 3 nitrogen and oxygen atoms in total. The third kappa shape index (κ3) is 6.19. The summed E-state index contributed by atoms with van der Waals surface area (Å²) in [7, 11) is 0. The maximum absolute atomic E-state index is 13.8. The molecule has 2 aromatic rings. The predicted octanol–water partition coefficient (Wildman–Crippen LogP) is 5.74. The summed E-state index contributed by atoms with van der Waals surface area (Å²) in [5.74, 6) is 0.859. The van der Waals surface area contributed by atoms with Gasteiger partial charge in [-0.1, -0.05) is 49.6 Å². The second-order valence-electron chi connectivity index (χ2n) is 6.09. The molecule has 0 radical (unpaired) electrons. The SMILES string of the molecule is CCCCCNCc1cc(OCC)c(OCc2ccccc2F)cc1Cl. The lowest BCUT2D eigenvalue weighted by molar-refractivity contribution is 0.265. The molecule has 26 heavy (non-hydrogen) atoms. The van der Waals surface area contributed by atoms with Gasteiger partial charge < -0.3 is 14.8 Å². The van der Waals surface area contributed by atoms with E-state index in [1.165, 1.54) is 18.9 Å². The molecule has 142 valence electrons. The first kappa shape index (κ1) is 20.5. The highest BCUT2D eigenvalue weighted by Gasteiger charge is 2.12. The quantitative estimate of drug-likeness (QED) is 0.505. The highest BCUT2D eigenvalue weighted by atomic mass is 35.5. The molecule has 0 aliphatic carbocycles. The number of hydrogen-bond donors (Lipinski definition) is 1. The van der Waals surface area contributed by atoms with E-state index in [0.717, 1.165) is 18.5 Å². The van der Waals surface area contributed by atoms with Gasteiger partial charge in [-0.2, -0.15) is 0 Å². The van der Waals surface area contributed by atoms with Crippen molar-refractivity contribution in [3.05, 3.63) is 58.4 Å². The van der Waals surface area contributed by atoms with Crippen molar-refractivity contribution in [2.75, 3.05) is 13.2 Å². The molecular formula is C21H27ClFNO2. The number of hydrogen-bond acceptors (Lipinski definition) is 3. The second kappa shape index (κ2) is 11.0. The van der Waals surface area contributed by atoms with E-state index < -0.39 is 0 Å². The van der Waals surface area contributed by atoms with Gasteiger partial charge in [0.1, 0.15) is 12.4 Å². The molecule has 1 N–H and O–H groups in total. The van der Waals surface area contributed by atoms with Crippen LogP contribution >= 0.6 is 11.6 Å². The number of rotatable bonds is 11. The van der Waals surface area contributed by atoms with Gasteiger partial charge in [0.2, 0.25) is 0 Å². The Hall–Kier alpha value is -1.78. The molecule has 0 spiro atoms. The van der Waals surface area contributed by atoms with E-state index in [2.05, 4.69) is 12.2 Å². The fraction of sp³-hybridized carbons (Fsp3) is 0.429. The minimum atomic E-state index is -0.288. The topological polar surface area (TPSA) is 30.5 Å². The number of halogens is 2. The molecule has 0 bridgehead atoms. The van der Waals surface area contributed by atoms with Crippen LogP contribution in [-0.4, -0.2) is 13.2 Å². The molecule has 0 atom stereocenters. The van der Waals surface area contributed by atoms with Gasteiger partial charge in [0.05, 0.1) is 6.61 Å². The highest BCUT2D eigenvalue weighted by molar-refractivity contribution is 6.31. The van der Waals surface area contributed by atoms with Gasteiger partial charge in [-0.05, 0) is 37.6 Å². The van der Waals surface area contributed by atoms with Gasteiger partial charge >= 0.3 is 0 Å². The smallest absolute Gasteiger partial charge is 0.163 e. The van der Waals surface area contributed by atoms with E-state index in [4.69, 9.17) is 21.1 Å². The predicted molar refractivity (Wildman–Crippen MR) is 105 cm³/mol. The molecule has 0 amide bonds.